The second kappa shape index (κ2) is 9.53. The van der Waals surface area contributed by atoms with Crippen LogP contribution in [-0.4, -0.2) is 78.9 Å². The van der Waals surface area contributed by atoms with Gasteiger partial charge in [0.25, 0.3) is 0 Å². The Labute approximate surface area is 218 Å². The highest BCUT2D eigenvalue weighted by atomic mass is 32.2. The first-order chi connectivity index (χ1) is 17.8. The van der Waals surface area contributed by atoms with Crippen LogP contribution >= 0.6 is 0 Å². The summed E-state index contributed by atoms with van der Waals surface area (Å²) < 4.78 is 67.1. The first kappa shape index (κ1) is 26.4. The summed E-state index contributed by atoms with van der Waals surface area (Å²) in [4.78, 5) is 16.4. The molecule has 0 saturated carbocycles. The molecule has 5 rings (SSSR count). The SMILES string of the molecule is CC1(C)CN(c2nccc(Nc3cc4c(F)cc(F)c(N5CC(CS(C)(=O)=O)C5)c4cn3)n2)C[C@@H](F)[C@H]1O. The summed E-state index contributed by atoms with van der Waals surface area (Å²) >= 11 is 0. The van der Waals surface area contributed by atoms with Gasteiger partial charge in [-0.25, -0.2) is 31.6 Å². The molecule has 38 heavy (non-hydrogen) atoms. The lowest BCUT2D eigenvalue weighted by atomic mass is 9.80. The van der Waals surface area contributed by atoms with Crippen molar-refractivity contribution < 1.29 is 26.7 Å². The molecule has 2 atom stereocenters. The number of hydrogen-bond donors (Lipinski definition) is 2. The first-order valence-corrected chi connectivity index (χ1v) is 14.2. The van der Waals surface area contributed by atoms with Crippen LogP contribution in [0, 0.1) is 23.0 Å². The first-order valence-electron chi connectivity index (χ1n) is 12.2. The third-order valence-corrected chi connectivity index (χ3v) is 8.10. The summed E-state index contributed by atoms with van der Waals surface area (Å²) in [5.41, 5.74) is -0.513. The van der Waals surface area contributed by atoms with Crippen LogP contribution < -0.4 is 15.1 Å². The van der Waals surface area contributed by atoms with E-state index in [1.54, 1.807) is 29.7 Å². The van der Waals surface area contributed by atoms with E-state index in [0.717, 1.165) is 12.3 Å². The van der Waals surface area contributed by atoms with Crippen molar-refractivity contribution in [3.05, 3.63) is 42.2 Å². The molecule has 2 aliphatic heterocycles. The summed E-state index contributed by atoms with van der Waals surface area (Å²) in [6, 6.07) is 3.84. The molecule has 2 saturated heterocycles. The van der Waals surface area contributed by atoms with Crippen molar-refractivity contribution in [3.8, 4) is 0 Å². The van der Waals surface area contributed by atoms with Crippen LogP contribution in [0.25, 0.3) is 10.8 Å². The predicted octanol–water partition coefficient (Wildman–Crippen LogP) is 3.07. The standard InChI is InChI=1S/C25H29F3N6O3S/c1-25(2)13-34(11-19(28)23(25)35)24-29-5-4-20(32-24)31-21-6-15-16(8-30-21)22(18(27)7-17(15)26)33-9-14(10-33)12-38(3,36)37/h4-8,14,19,23,35H,9-13H2,1-3H3,(H,29,30,31,32)/t19-,23-/m1/s1. The quantitative estimate of drug-likeness (QED) is 0.478. The van der Waals surface area contributed by atoms with Crippen molar-refractivity contribution in [1.82, 2.24) is 15.0 Å². The highest BCUT2D eigenvalue weighted by Crippen LogP contribution is 2.37. The molecule has 0 spiro atoms. The predicted molar refractivity (Wildman–Crippen MR) is 139 cm³/mol. The summed E-state index contributed by atoms with van der Waals surface area (Å²) in [5, 5.41) is 13.5. The largest absolute Gasteiger partial charge is 0.389 e. The number of halogens is 3. The number of benzene rings is 1. The second-order valence-electron chi connectivity index (χ2n) is 10.9. The van der Waals surface area contributed by atoms with Gasteiger partial charge in [0, 0.05) is 66.5 Å². The van der Waals surface area contributed by atoms with E-state index in [2.05, 4.69) is 20.3 Å². The molecule has 204 valence electrons. The van der Waals surface area contributed by atoms with Crippen LogP contribution in [0.2, 0.25) is 0 Å². The van der Waals surface area contributed by atoms with Crippen LogP contribution in [0.5, 0.6) is 0 Å². The average Bonchev–Trinajstić information content (AvgIpc) is 2.80. The van der Waals surface area contributed by atoms with Gasteiger partial charge in [-0.15, -0.1) is 0 Å². The van der Waals surface area contributed by atoms with Crippen molar-refractivity contribution >= 4 is 43.9 Å². The minimum atomic E-state index is -3.15. The molecule has 0 radical (unpaired) electrons. The van der Waals surface area contributed by atoms with Crippen LogP contribution in [-0.2, 0) is 9.84 Å². The number of aliphatic hydroxyl groups is 1. The maximum atomic E-state index is 14.8. The highest BCUT2D eigenvalue weighted by molar-refractivity contribution is 7.90. The number of rotatable bonds is 6. The molecule has 0 aliphatic carbocycles. The van der Waals surface area contributed by atoms with Crippen molar-refractivity contribution in [2.45, 2.75) is 26.1 Å². The monoisotopic (exact) mass is 550 g/mol. The molecule has 2 fully saturated rings. The highest BCUT2D eigenvalue weighted by Gasteiger charge is 2.42. The zero-order chi connectivity index (χ0) is 27.4. The van der Waals surface area contributed by atoms with Gasteiger partial charge in [-0.05, 0) is 12.1 Å². The molecule has 0 bridgehead atoms. The fraction of sp³-hybridized carbons (Fsp3) is 0.480. The fourth-order valence-electron chi connectivity index (χ4n) is 5.21. The van der Waals surface area contributed by atoms with Gasteiger partial charge in [0.1, 0.15) is 39.3 Å². The molecule has 0 amide bonds. The zero-order valence-electron chi connectivity index (χ0n) is 21.2. The Morgan fingerprint density at radius 1 is 1.08 bits per heavy atom. The third kappa shape index (κ3) is 5.21. The number of aromatic nitrogens is 3. The topological polar surface area (TPSA) is 112 Å². The minimum Gasteiger partial charge on any atom is -0.389 e. The molecular formula is C25H29F3N6O3S. The Bertz CT molecular complexity index is 1480. The molecular weight excluding hydrogens is 521 g/mol. The number of aliphatic hydroxyl groups excluding tert-OH is 1. The minimum absolute atomic E-state index is 0.0129. The number of hydrogen-bond acceptors (Lipinski definition) is 9. The van der Waals surface area contributed by atoms with Crippen molar-refractivity contribution in [3.63, 3.8) is 0 Å². The van der Waals surface area contributed by atoms with E-state index in [4.69, 9.17) is 0 Å². The Balaban J connectivity index is 1.38. The van der Waals surface area contributed by atoms with Gasteiger partial charge < -0.3 is 20.2 Å². The Hall–Kier alpha value is -3.19. The summed E-state index contributed by atoms with van der Waals surface area (Å²) in [5.74, 6) is -0.728. The number of anilines is 4. The molecule has 1 aromatic carbocycles. The maximum Gasteiger partial charge on any atom is 0.227 e. The van der Waals surface area contributed by atoms with Gasteiger partial charge in [-0.1, -0.05) is 13.8 Å². The van der Waals surface area contributed by atoms with Crippen molar-refractivity contribution in [2.24, 2.45) is 11.3 Å². The number of alkyl halides is 1. The molecule has 0 unspecified atom stereocenters. The van der Waals surface area contributed by atoms with E-state index in [1.165, 1.54) is 18.5 Å². The van der Waals surface area contributed by atoms with Crippen LogP contribution in [0.4, 0.5) is 36.4 Å². The number of nitrogens with one attached hydrogen (secondary N) is 1. The van der Waals surface area contributed by atoms with Crippen LogP contribution in [0.15, 0.2) is 30.6 Å². The third-order valence-electron chi connectivity index (χ3n) is 7.03. The van der Waals surface area contributed by atoms with Gasteiger partial charge >= 0.3 is 0 Å². The molecule has 9 nitrogen and oxygen atoms in total. The lowest BCUT2D eigenvalue weighted by Gasteiger charge is -2.43. The van der Waals surface area contributed by atoms with Crippen LogP contribution in [0.1, 0.15) is 13.8 Å². The number of pyridine rings is 1. The fourth-order valence-corrected chi connectivity index (χ4v) is 6.27. The molecule has 2 aromatic heterocycles. The van der Waals surface area contributed by atoms with Crippen molar-refractivity contribution in [1.29, 1.82) is 0 Å². The van der Waals surface area contributed by atoms with Crippen LogP contribution in [0.3, 0.4) is 0 Å². The normalized spacial score (nSPS) is 22.0. The Kier molecular flexibility index (Phi) is 6.62. The smallest absolute Gasteiger partial charge is 0.227 e. The van der Waals surface area contributed by atoms with Gasteiger partial charge in [-0.3, -0.25) is 0 Å². The van der Waals surface area contributed by atoms with Gasteiger partial charge in [0.05, 0.1) is 24.1 Å². The second-order valence-corrected chi connectivity index (χ2v) is 13.0. The summed E-state index contributed by atoms with van der Waals surface area (Å²) in [6.45, 7) is 4.54. The molecule has 3 aromatic rings. The number of sulfone groups is 1. The Morgan fingerprint density at radius 3 is 2.50 bits per heavy atom. The molecule has 13 heteroatoms. The summed E-state index contributed by atoms with van der Waals surface area (Å²) in [7, 11) is -3.15. The average molecular weight is 551 g/mol. The number of fused-ring (bicyclic) bond motifs is 1. The number of piperidine rings is 1. The lowest BCUT2D eigenvalue weighted by Crippen LogP contribution is -2.55. The molecule has 2 aliphatic rings. The Morgan fingerprint density at radius 2 is 1.82 bits per heavy atom. The van der Waals surface area contributed by atoms with E-state index in [1.807, 2.05) is 0 Å². The van der Waals surface area contributed by atoms with Gasteiger partial charge in [0.2, 0.25) is 5.95 Å². The molecule has 4 heterocycles. The lowest BCUT2D eigenvalue weighted by molar-refractivity contribution is -0.0257. The van der Waals surface area contributed by atoms with Gasteiger partial charge in [0.15, 0.2) is 0 Å². The molecule has 2 N–H and O–H groups in total. The van der Waals surface area contributed by atoms with E-state index in [-0.39, 0.29) is 46.4 Å². The van der Waals surface area contributed by atoms with E-state index >= 15 is 0 Å². The zero-order valence-corrected chi connectivity index (χ0v) is 22.0. The maximum absolute atomic E-state index is 14.8. The number of nitrogens with zero attached hydrogens (tertiary/aromatic N) is 5. The van der Waals surface area contributed by atoms with E-state index in [0.29, 0.717) is 25.5 Å². The van der Waals surface area contributed by atoms with Crippen molar-refractivity contribution in [2.75, 3.05) is 53.3 Å². The van der Waals surface area contributed by atoms with E-state index < -0.39 is 39.2 Å². The van der Waals surface area contributed by atoms with Gasteiger partial charge in [-0.2, -0.15) is 4.98 Å². The summed E-state index contributed by atoms with van der Waals surface area (Å²) in [6.07, 6.45) is 1.49. The van der Waals surface area contributed by atoms with E-state index in [9.17, 15) is 26.7 Å².